The number of rotatable bonds is 4. The molecule has 1 unspecified atom stereocenters. The normalized spacial score (nSPS) is 16.2. The third-order valence-electron chi connectivity index (χ3n) is 5.89. The van der Waals surface area contributed by atoms with E-state index in [1.807, 2.05) is 30.3 Å². The third-order valence-corrected chi connectivity index (χ3v) is 5.89. The van der Waals surface area contributed by atoms with Gasteiger partial charge in [-0.3, -0.25) is 4.79 Å². The number of alkyl halides is 3. The first kappa shape index (κ1) is 21.9. The smallest absolute Gasteiger partial charge is 0.371 e. The van der Waals surface area contributed by atoms with Crippen LogP contribution in [-0.2, 0) is 0 Å². The molecule has 0 N–H and O–H groups in total. The minimum Gasteiger partial charge on any atom is -0.371 e. The number of benzene rings is 2. The van der Waals surface area contributed by atoms with Crippen molar-refractivity contribution in [2.24, 2.45) is 5.92 Å². The average molecular weight is 469 g/mol. The fourth-order valence-electron chi connectivity index (χ4n) is 4.12. The van der Waals surface area contributed by atoms with Gasteiger partial charge in [0.25, 0.3) is 0 Å². The molecule has 2 aromatic carbocycles. The quantitative estimate of drug-likeness (QED) is 0.410. The molecule has 0 radical (unpaired) electrons. The minimum atomic E-state index is -4.27. The minimum absolute atomic E-state index is 0.0212. The van der Waals surface area contributed by atoms with Gasteiger partial charge in [0.05, 0.1) is 23.5 Å². The van der Waals surface area contributed by atoms with Crippen LogP contribution >= 0.6 is 0 Å². The van der Waals surface area contributed by atoms with Crippen LogP contribution in [0.2, 0.25) is 0 Å². The number of para-hydroxylation sites is 1. The first-order chi connectivity index (χ1) is 16.3. The summed E-state index contributed by atoms with van der Waals surface area (Å²) in [5.41, 5.74) is 1.34. The van der Waals surface area contributed by atoms with Gasteiger partial charge in [-0.15, -0.1) is 0 Å². The predicted molar refractivity (Wildman–Crippen MR) is 119 cm³/mol. The number of anilines is 1. The molecule has 0 aliphatic carbocycles. The van der Waals surface area contributed by atoms with E-state index in [0.29, 0.717) is 11.4 Å². The number of hydrogen-bond acceptors (Lipinski definition) is 4. The second-order valence-electron chi connectivity index (χ2n) is 8.05. The summed E-state index contributed by atoms with van der Waals surface area (Å²) in [7, 11) is 0. The lowest BCUT2D eigenvalue weighted by atomic mass is 10.1. The van der Waals surface area contributed by atoms with Crippen molar-refractivity contribution in [1.82, 2.24) is 19.6 Å². The van der Waals surface area contributed by atoms with Crippen LogP contribution in [0.5, 0.6) is 0 Å². The number of hydrogen-bond donors (Lipinski definition) is 0. The van der Waals surface area contributed by atoms with Crippen molar-refractivity contribution in [3.63, 3.8) is 0 Å². The number of nitrogens with zero attached hydrogens (tertiary/aromatic N) is 5. The predicted octanol–water partition coefficient (Wildman–Crippen LogP) is 4.61. The molecule has 5 rings (SSSR count). The molecular formula is C24H19F4N5O. The molecule has 0 bridgehead atoms. The Morgan fingerprint density at radius 2 is 1.76 bits per heavy atom. The van der Waals surface area contributed by atoms with Crippen LogP contribution in [0.1, 0.15) is 6.42 Å². The van der Waals surface area contributed by atoms with Gasteiger partial charge in [0.2, 0.25) is 5.43 Å². The summed E-state index contributed by atoms with van der Waals surface area (Å²) >= 11 is 0. The molecule has 6 nitrogen and oxygen atoms in total. The molecule has 1 atom stereocenters. The van der Waals surface area contributed by atoms with Gasteiger partial charge in [-0.25, -0.2) is 13.8 Å². The summed E-state index contributed by atoms with van der Waals surface area (Å²) in [6.45, 7) is -0.000952. The zero-order chi connectivity index (χ0) is 23.9. The lowest BCUT2D eigenvalue weighted by Gasteiger charge is -2.20. The van der Waals surface area contributed by atoms with E-state index in [9.17, 15) is 18.0 Å². The summed E-state index contributed by atoms with van der Waals surface area (Å²) in [4.78, 5) is 14.1. The Kier molecular flexibility index (Phi) is 5.43. The van der Waals surface area contributed by atoms with Gasteiger partial charge in [-0.05, 0) is 42.8 Å². The highest BCUT2D eigenvalue weighted by atomic mass is 19.4. The molecule has 1 aliphatic rings. The Balaban J connectivity index is 1.47. The van der Waals surface area contributed by atoms with Gasteiger partial charge < -0.3 is 4.90 Å². The molecule has 1 aliphatic heterocycles. The van der Waals surface area contributed by atoms with Crippen LogP contribution < -0.4 is 10.3 Å². The second kappa shape index (κ2) is 8.44. The summed E-state index contributed by atoms with van der Waals surface area (Å²) in [5.74, 6) is -2.08. The molecular weight excluding hydrogens is 450 g/mol. The molecule has 1 fully saturated rings. The van der Waals surface area contributed by atoms with Crippen LogP contribution in [0.25, 0.3) is 22.8 Å². The largest absolute Gasteiger partial charge is 0.393 e. The zero-order valence-electron chi connectivity index (χ0n) is 17.8. The fraction of sp³-hybridized carbons (Fsp3) is 0.208. The van der Waals surface area contributed by atoms with E-state index in [2.05, 4.69) is 10.2 Å². The van der Waals surface area contributed by atoms with Crippen molar-refractivity contribution in [2.45, 2.75) is 12.6 Å². The zero-order valence-corrected chi connectivity index (χ0v) is 17.8. The number of halogens is 4. The SMILES string of the molecule is O=c1ccn(-c2ccc(N3CCC(C(F)(F)F)C3)cc2F)nc1-c1ccnn1-c1ccccc1. The topological polar surface area (TPSA) is 56.0 Å². The van der Waals surface area contributed by atoms with Crippen LogP contribution in [0.4, 0.5) is 23.2 Å². The Hall–Kier alpha value is -3.95. The fourth-order valence-corrected chi connectivity index (χ4v) is 4.12. The molecule has 0 amide bonds. The average Bonchev–Trinajstić information content (AvgIpc) is 3.50. The number of aromatic nitrogens is 4. The van der Waals surface area contributed by atoms with E-state index in [-0.39, 0.29) is 36.3 Å². The maximum absolute atomic E-state index is 15.0. The van der Waals surface area contributed by atoms with Crippen molar-refractivity contribution in [1.29, 1.82) is 0 Å². The standard InChI is InChI=1S/C24H19F4N5O/c25-19-14-18(31-12-9-16(15-31)24(26,27)28)6-7-20(19)32-13-10-22(34)23(30-32)21-8-11-29-33(21)17-4-2-1-3-5-17/h1-8,10-11,13-14,16H,9,12,15H2. The lowest BCUT2D eigenvalue weighted by Crippen LogP contribution is -2.27. The van der Waals surface area contributed by atoms with Gasteiger partial charge in [-0.1, -0.05) is 18.2 Å². The van der Waals surface area contributed by atoms with Crippen molar-refractivity contribution in [2.75, 3.05) is 18.0 Å². The van der Waals surface area contributed by atoms with Crippen LogP contribution in [-0.4, -0.2) is 38.8 Å². The van der Waals surface area contributed by atoms with Gasteiger partial charge in [0.15, 0.2) is 11.5 Å². The van der Waals surface area contributed by atoms with Crippen molar-refractivity contribution in [3.8, 4) is 22.8 Å². The Morgan fingerprint density at radius 1 is 0.971 bits per heavy atom. The molecule has 10 heteroatoms. The van der Waals surface area contributed by atoms with Gasteiger partial charge in [0.1, 0.15) is 5.69 Å². The highest BCUT2D eigenvalue weighted by Crippen LogP contribution is 2.36. The Labute approximate surface area is 191 Å². The van der Waals surface area contributed by atoms with Crippen molar-refractivity contribution >= 4 is 5.69 Å². The maximum Gasteiger partial charge on any atom is 0.393 e. The molecule has 174 valence electrons. The van der Waals surface area contributed by atoms with Gasteiger partial charge in [-0.2, -0.15) is 23.4 Å². The van der Waals surface area contributed by atoms with E-state index in [1.54, 1.807) is 23.0 Å². The van der Waals surface area contributed by atoms with Crippen molar-refractivity contribution in [3.05, 3.63) is 89.1 Å². The maximum atomic E-state index is 15.0. The first-order valence-electron chi connectivity index (χ1n) is 10.6. The van der Waals surface area contributed by atoms with Crippen molar-refractivity contribution < 1.29 is 17.6 Å². The molecule has 1 saturated heterocycles. The Morgan fingerprint density at radius 3 is 2.47 bits per heavy atom. The Bertz CT molecular complexity index is 1380. The highest BCUT2D eigenvalue weighted by molar-refractivity contribution is 5.58. The molecule has 34 heavy (non-hydrogen) atoms. The molecule has 0 spiro atoms. The third kappa shape index (κ3) is 4.07. The molecule has 2 aromatic heterocycles. The summed E-state index contributed by atoms with van der Waals surface area (Å²) in [6.07, 6.45) is -1.40. The van der Waals surface area contributed by atoms with Crippen LogP contribution in [0, 0.1) is 11.7 Å². The summed E-state index contributed by atoms with van der Waals surface area (Å²) in [5, 5.41) is 8.62. The summed E-state index contributed by atoms with van der Waals surface area (Å²) in [6, 6.07) is 16.3. The summed E-state index contributed by atoms with van der Waals surface area (Å²) < 4.78 is 56.8. The van der Waals surface area contributed by atoms with E-state index in [0.717, 1.165) is 5.69 Å². The van der Waals surface area contributed by atoms with Crippen LogP contribution in [0.3, 0.4) is 0 Å². The highest BCUT2D eigenvalue weighted by Gasteiger charge is 2.43. The van der Waals surface area contributed by atoms with Crippen LogP contribution in [0.15, 0.2) is 77.9 Å². The van der Waals surface area contributed by atoms with E-state index in [4.69, 9.17) is 0 Å². The molecule has 3 heterocycles. The van der Waals surface area contributed by atoms with E-state index < -0.39 is 17.9 Å². The lowest BCUT2D eigenvalue weighted by molar-refractivity contribution is -0.168. The monoisotopic (exact) mass is 469 g/mol. The van der Waals surface area contributed by atoms with E-state index >= 15 is 4.39 Å². The first-order valence-corrected chi connectivity index (χ1v) is 10.6. The second-order valence-corrected chi connectivity index (χ2v) is 8.05. The molecule has 4 aromatic rings. The van der Waals surface area contributed by atoms with Gasteiger partial charge >= 0.3 is 6.18 Å². The van der Waals surface area contributed by atoms with Gasteiger partial charge in [0, 0.05) is 31.0 Å². The van der Waals surface area contributed by atoms with E-state index in [1.165, 1.54) is 34.0 Å². The molecule has 0 saturated carbocycles.